The van der Waals surface area contributed by atoms with Crippen LogP contribution in [0.1, 0.15) is 38.8 Å². The molecule has 0 aromatic heterocycles. The number of rotatable bonds is 4. The first-order valence-electron chi connectivity index (χ1n) is 6.00. The molecule has 16 heavy (non-hydrogen) atoms. The Morgan fingerprint density at radius 1 is 1.00 bits per heavy atom. The Kier molecular flexibility index (Phi) is 4.22. The maximum absolute atomic E-state index is 10.2. The van der Waals surface area contributed by atoms with Gasteiger partial charge in [0.25, 0.3) is 0 Å². The second-order valence-corrected chi connectivity index (χ2v) is 5.38. The first-order valence-corrected chi connectivity index (χ1v) is 6.00. The number of nitrogens with two attached hydrogens (primary N) is 1. The molecule has 0 atom stereocenters. The third-order valence-corrected chi connectivity index (χ3v) is 2.55. The summed E-state index contributed by atoms with van der Waals surface area (Å²) in [4.78, 5) is 0. The smallest absolute Gasteiger partial charge is 0.122 e. The highest BCUT2D eigenvalue weighted by atomic mass is 16.3. The van der Waals surface area contributed by atoms with Crippen molar-refractivity contribution in [2.45, 2.75) is 40.5 Å². The molecule has 0 saturated carbocycles. The van der Waals surface area contributed by atoms with Crippen LogP contribution < -0.4 is 5.73 Å². The fourth-order valence-corrected chi connectivity index (χ4v) is 1.98. The molecule has 1 rings (SSSR count). The monoisotopic (exact) mass is 221 g/mol. The van der Waals surface area contributed by atoms with E-state index in [1.165, 1.54) is 0 Å². The molecule has 0 unspecified atom stereocenters. The normalized spacial score (nSPS) is 11.4. The van der Waals surface area contributed by atoms with Gasteiger partial charge in [0, 0.05) is 5.69 Å². The quantitative estimate of drug-likeness (QED) is 0.605. The van der Waals surface area contributed by atoms with Crippen molar-refractivity contribution in [3.05, 3.63) is 23.3 Å². The number of aromatic hydroxyl groups is 1. The Morgan fingerprint density at radius 2 is 1.38 bits per heavy atom. The summed E-state index contributed by atoms with van der Waals surface area (Å²) in [6, 6.07) is 3.78. The van der Waals surface area contributed by atoms with Crippen LogP contribution in [-0.2, 0) is 12.8 Å². The lowest BCUT2D eigenvalue weighted by atomic mass is 9.95. The molecule has 0 heterocycles. The Balaban J connectivity index is 3.05. The van der Waals surface area contributed by atoms with E-state index in [2.05, 4.69) is 27.7 Å². The Labute approximate surface area is 98.5 Å². The van der Waals surface area contributed by atoms with Gasteiger partial charge >= 0.3 is 0 Å². The van der Waals surface area contributed by atoms with Crippen molar-refractivity contribution in [1.29, 1.82) is 0 Å². The van der Waals surface area contributed by atoms with Crippen LogP contribution in [0, 0.1) is 11.8 Å². The van der Waals surface area contributed by atoms with Crippen molar-refractivity contribution in [2.24, 2.45) is 11.8 Å². The van der Waals surface area contributed by atoms with Gasteiger partial charge in [0.05, 0.1) is 0 Å². The Morgan fingerprint density at radius 3 is 1.69 bits per heavy atom. The fourth-order valence-electron chi connectivity index (χ4n) is 1.98. The van der Waals surface area contributed by atoms with Crippen molar-refractivity contribution in [2.75, 3.05) is 5.73 Å². The summed E-state index contributed by atoms with van der Waals surface area (Å²) in [5, 5.41) is 10.2. The van der Waals surface area contributed by atoms with Gasteiger partial charge in [-0.2, -0.15) is 0 Å². The second-order valence-electron chi connectivity index (χ2n) is 5.38. The highest BCUT2D eigenvalue weighted by Gasteiger charge is 2.11. The Hall–Kier alpha value is -1.18. The molecule has 2 nitrogen and oxygen atoms in total. The molecule has 0 aliphatic rings. The SMILES string of the molecule is CC(C)Cc1cc(N)cc(CC(C)C)c1O. The van der Waals surface area contributed by atoms with Crippen molar-refractivity contribution >= 4 is 5.69 Å². The van der Waals surface area contributed by atoms with E-state index in [0.29, 0.717) is 17.6 Å². The number of hydrogen-bond donors (Lipinski definition) is 2. The lowest BCUT2D eigenvalue weighted by molar-refractivity contribution is 0.450. The van der Waals surface area contributed by atoms with Crippen LogP contribution in [0.25, 0.3) is 0 Å². The lowest BCUT2D eigenvalue weighted by Gasteiger charge is -2.14. The van der Waals surface area contributed by atoms with Crippen molar-refractivity contribution in [3.63, 3.8) is 0 Å². The van der Waals surface area contributed by atoms with Crippen molar-refractivity contribution < 1.29 is 5.11 Å². The van der Waals surface area contributed by atoms with Crippen LogP contribution in [0.5, 0.6) is 5.75 Å². The van der Waals surface area contributed by atoms with Gasteiger partial charge in [0.1, 0.15) is 5.75 Å². The summed E-state index contributed by atoms with van der Waals surface area (Å²) in [5.41, 5.74) is 8.58. The van der Waals surface area contributed by atoms with E-state index in [4.69, 9.17) is 5.73 Å². The number of phenolic OH excluding ortho intramolecular Hbond substituents is 1. The first-order chi connectivity index (χ1) is 7.40. The maximum Gasteiger partial charge on any atom is 0.122 e. The molecule has 90 valence electrons. The van der Waals surface area contributed by atoms with Crippen LogP contribution in [0.4, 0.5) is 5.69 Å². The minimum absolute atomic E-state index is 0.441. The summed E-state index contributed by atoms with van der Waals surface area (Å²) < 4.78 is 0. The van der Waals surface area contributed by atoms with Gasteiger partial charge in [-0.15, -0.1) is 0 Å². The van der Waals surface area contributed by atoms with Gasteiger partial charge < -0.3 is 10.8 Å². The average Bonchev–Trinajstić information content (AvgIpc) is 2.11. The minimum Gasteiger partial charge on any atom is -0.507 e. The molecule has 0 spiro atoms. The molecular weight excluding hydrogens is 198 g/mol. The maximum atomic E-state index is 10.2. The van der Waals surface area contributed by atoms with E-state index in [1.807, 2.05) is 12.1 Å². The molecule has 0 bridgehead atoms. The number of nitrogen functional groups attached to an aromatic ring is 1. The molecule has 0 radical (unpaired) electrons. The summed E-state index contributed by atoms with van der Waals surface area (Å²) in [7, 11) is 0. The lowest BCUT2D eigenvalue weighted by Crippen LogP contribution is -2.02. The summed E-state index contributed by atoms with van der Waals surface area (Å²) in [6.07, 6.45) is 1.75. The van der Waals surface area contributed by atoms with Gasteiger partial charge in [0.2, 0.25) is 0 Å². The predicted molar refractivity (Wildman–Crippen MR) is 69.6 cm³/mol. The summed E-state index contributed by atoms with van der Waals surface area (Å²) in [5.74, 6) is 1.50. The first kappa shape index (κ1) is 12.9. The molecule has 3 N–H and O–H groups in total. The molecule has 1 aromatic rings. The molecule has 0 fully saturated rings. The van der Waals surface area contributed by atoms with Gasteiger partial charge in [-0.25, -0.2) is 0 Å². The zero-order valence-electron chi connectivity index (χ0n) is 10.7. The van der Waals surface area contributed by atoms with Gasteiger partial charge in [-0.05, 0) is 47.9 Å². The summed E-state index contributed by atoms with van der Waals surface area (Å²) >= 11 is 0. The number of phenols is 1. The standard InChI is InChI=1S/C14H23NO/c1-9(2)5-11-7-13(15)8-12(14(11)16)6-10(3)4/h7-10,16H,5-6,15H2,1-4H3. The number of hydrogen-bond acceptors (Lipinski definition) is 2. The van der Waals surface area contributed by atoms with Crippen LogP contribution >= 0.6 is 0 Å². The molecular formula is C14H23NO. The van der Waals surface area contributed by atoms with Crippen LogP contribution in [0.3, 0.4) is 0 Å². The molecule has 0 saturated heterocycles. The van der Waals surface area contributed by atoms with E-state index in [0.717, 1.165) is 29.7 Å². The van der Waals surface area contributed by atoms with E-state index in [9.17, 15) is 5.11 Å². The number of anilines is 1. The molecule has 0 amide bonds. The van der Waals surface area contributed by atoms with E-state index < -0.39 is 0 Å². The molecule has 0 aliphatic carbocycles. The Bertz CT molecular complexity index is 325. The van der Waals surface area contributed by atoms with Crippen LogP contribution in [0.2, 0.25) is 0 Å². The van der Waals surface area contributed by atoms with E-state index in [-0.39, 0.29) is 0 Å². The number of benzene rings is 1. The summed E-state index contributed by atoms with van der Waals surface area (Å²) in [6.45, 7) is 8.57. The average molecular weight is 221 g/mol. The fraction of sp³-hybridized carbons (Fsp3) is 0.571. The van der Waals surface area contributed by atoms with Crippen molar-refractivity contribution in [3.8, 4) is 5.75 Å². The van der Waals surface area contributed by atoms with Crippen molar-refractivity contribution in [1.82, 2.24) is 0 Å². The van der Waals surface area contributed by atoms with Gasteiger partial charge in [-0.3, -0.25) is 0 Å². The third-order valence-electron chi connectivity index (χ3n) is 2.55. The zero-order chi connectivity index (χ0) is 12.3. The predicted octanol–water partition coefficient (Wildman–Crippen LogP) is 3.37. The minimum atomic E-state index is 0.441. The van der Waals surface area contributed by atoms with E-state index in [1.54, 1.807) is 0 Å². The van der Waals surface area contributed by atoms with E-state index >= 15 is 0 Å². The highest BCUT2D eigenvalue weighted by Crippen LogP contribution is 2.29. The third kappa shape index (κ3) is 3.44. The topological polar surface area (TPSA) is 46.2 Å². The molecule has 0 aliphatic heterocycles. The van der Waals surface area contributed by atoms with Gasteiger partial charge in [-0.1, -0.05) is 27.7 Å². The second kappa shape index (κ2) is 5.24. The molecule has 2 heteroatoms. The molecule has 1 aromatic carbocycles. The van der Waals surface area contributed by atoms with Crippen LogP contribution in [-0.4, -0.2) is 5.11 Å². The highest BCUT2D eigenvalue weighted by molar-refractivity contribution is 5.53. The van der Waals surface area contributed by atoms with Gasteiger partial charge in [0.15, 0.2) is 0 Å². The largest absolute Gasteiger partial charge is 0.507 e. The van der Waals surface area contributed by atoms with Crippen LogP contribution in [0.15, 0.2) is 12.1 Å². The zero-order valence-corrected chi connectivity index (χ0v) is 10.7.